The van der Waals surface area contributed by atoms with Crippen LogP contribution in [0.1, 0.15) is 6.92 Å². The molecule has 1 N–H and O–H groups in total. The van der Waals surface area contributed by atoms with Crippen molar-refractivity contribution in [3.8, 4) is 0 Å². The first-order valence-corrected chi connectivity index (χ1v) is 6.62. The molecule has 0 radical (unpaired) electrons. The number of nitrogens with one attached hydrogen (secondary N) is 1. The van der Waals surface area contributed by atoms with E-state index in [1.165, 1.54) is 11.8 Å². The standard InChI is InChI=1S/C12H13F3N2OS/c1-8(6-16-7-12(13,14)15)19-11-17-9-4-2-3-5-10(9)18-11/h2-5,8,16H,6-7H2,1H3. The fraction of sp³-hybridized carbons (Fsp3) is 0.417. The molecule has 0 aliphatic rings. The summed E-state index contributed by atoms with van der Waals surface area (Å²) in [7, 11) is 0. The molecule has 0 amide bonds. The van der Waals surface area contributed by atoms with Gasteiger partial charge in [0.25, 0.3) is 5.22 Å². The van der Waals surface area contributed by atoms with Gasteiger partial charge in [-0.15, -0.1) is 0 Å². The molecule has 19 heavy (non-hydrogen) atoms. The molecular formula is C12H13F3N2OS. The van der Waals surface area contributed by atoms with E-state index in [2.05, 4.69) is 10.3 Å². The number of oxazole rings is 1. The molecule has 2 rings (SSSR count). The molecule has 0 saturated carbocycles. The largest absolute Gasteiger partial charge is 0.431 e. The summed E-state index contributed by atoms with van der Waals surface area (Å²) in [5.41, 5.74) is 1.43. The minimum Gasteiger partial charge on any atom is -0.431 e. The molecule has 1 aromatic carbocycles. The lowest BCUT2D eigenvalue weighted by Gasteiger charge is -2.11. The third-order valence-corrected chi connectivity index (χ3v) is 3.28. The number of halogens is 3. The monoisotopic (exact) mass is 290 g/mol. The van der Waals surface area contributed by atoms with Gasteiger partial charge < -0.3 is 9.73 Å². The van der Waals surface area contributed by atoms with Crippen LogP contribution in [0.4, 0.5) is 13.2 Å². The predicted molar refractivity (Wildman–Crippen MR) is 68.3 cm³/mol. The van der Waals surface area contributed by atoms with Crippen molar-refractivity contribution in [3.63, 3.8) is 0 Å². The van der Waals surface area contributed by atoms with Gasteiger partial charge in [0.1, 0.15) is 5.52 Å². The Morgan fingerprint density at radius 3 is 2.79 bits per heavy atom. The summed E-state index contributed by atoms with van der Waals surface area (Å²) in [4.78, 5) is 4.26. The molecule has 0 spiro atoms. The Labute approximate surface area is 112 Å². The number of fused-ring (bicyclic) bond motifs is 1. The van der Waals surface area contributed by atoms with Gasteiger partial charge in [0.2, 0.25) is 0 Å². The number of thioether (sulfide) groups is 1. The highest BCUT2D eigenvalue weighted by Gasteiger charge is 2.26. The minimum absolute atomic E-state index is 0.0598. The molecule has 0 saturated heterocycles. The second kappa shape index (κ2) is 5.83. The second-order valence-corrected chi connectivity index (χ2v) is 5.51. The molecule has 0 aliphatic carbocycles. The molecule has 2 aromatic rings. The van der Waals surface area contributed by atoms with Crippen molar-refractivity contribution in [2.24, 2.45) is 0 Å². The topological polar surface area (TPSA) is 38.1 Å². The fourth-order valence-corrected chi connectivity index (χ4v) is 2.37. The average Bonchev–Trinajstić information content (AvgIpc) is 2.68. The Kier molecular flexibility index (Phi) is 4.36. The van der Waals surface area contributed by atoms with Gasteiger partial charge in [0.15, 0.2) is 5.58 Å². The summed E-state index contributed by atoms with van der Waals surface area (Å²) in [6, 6.07) is 7.33. The van der Waals surface area contributed by atoms with Crippen LogP contribution in [0.15, 0.2) is 33.9 Å². The van der Waals surface area contributed by atoms with Gasteiger partial charge in [-0.05, 0) is 12.1 Å². The highest BCUT2D eigenvalue weighted by molar-refractivity contribution is 7.99. The zero-order valence-electron chi connectivity index (χ0n) is 10.2. The summed E-state index contributed by atoms with van der Waals surface area (Å²) in [5, 5.41) is 2.78. The summed E-state index contributed by atoms with van der Waals surface area (Å²) in [6.07, 6.45) is -4.18. The van der Waals surface area contributed by atoms with Gasteiger partial charge in [-0.3, -0.25) is 0 Å². The third kappa shape index (κ3) is 4.43. The van der Waals surface area contributed by atoms with Crippen molar-refractivity contribution >= 4 is 22.9 Å². The van der Waals surface area contributed by atoms with Crippen LogP contribution >= 0.6 is 11.8 Å². The highest BCUT2D eigenvalue weighted by atomic mass is 32.2. The van der Waals surface area contributed by atoms with Gasteiger partial charge in [-0.2, -0.15) is 13.2 Å². The van der Waals surface area contributed by atoms with Gasteiger partial charge in [-0.25, -0.2) is 4.98 Å². The molecule has 0 fully saturated rings. The Hall–Kier alpha value is -1.21. The van der Waals surface area contributed by atoms with Crippen LogP contribution in [0.3, 0.4) is 0 Å². The smallest absolute Gasteiger partial charge is 0.401 e. The lowest BCUT2D eigenvalue weighted by Crippen LogP contribution is -2.32. The number of hydrogen-bond acceptors (Lipinski definition) is 4. The maximum atomic E-state index is 12.0. The molecule has 1 heterocycles. The number of nitrogens with zero attached hydrogens (tertiary/aromatic N) is 1. The van der Waals surface area contributed by atoms with Crippen molar-refractivity contribution in [3.05, 3.63) is 24.3 Å². The fourth-order valence-electron chi connectivity index (χ4n) is 1.53. The van der Waals surface area contributed by atoms with Gasteiger partial charge >= 0.3 is 6.18 Å². The lowest BCUT2D eigenvalue weighted by atomic mass is 10.3. The average molecular weight is 290 g/mol. The quantitative estimate of drug-likeness (QED) is 0.856. The van der Waals surface area contributed by atoms with Crippen molar-refractivity contribution in [1.82, 2.24) is 10.3 Å². The predicted octanol–water partition coefficient (Wildman–Crippen LogP) is 3.46. The van der Waals surface area contributed by atoms with E-state index in [1.807, 2.05) is 25.1 Å². The normalized spacial score (nSPS) is 13.9. The third-order valence-electron chi connectivity index (χ3n) is 2.33. The Morgan fingerprint density at radius 1 is 1.37 bits per heavy atom. The maximum Gasteiger partial charge on any atom is 0.401 e. The zero-order chi connectivity index (χ0) is 13.9. The molecule has 3 nitrogen and oxygen atoms in total. The Balaban J connectivity index is 1.86. The van der Waals surface area contributed by atoms with Crippen molar-refractivity contribution in [2.75, 3.05) is 13.1 Å². The van der Waals surface area contributed by atoms with Crippen LogP contribution in [0.25, 0.3) is 11.1 Å². The first-order chi connectivity index (χ1) is 8.94. The number of para-hydroxylation sites is 2. The Morgan fingerprint density at radius 2 is 2.11 bits per heavy atom. The van der Waals surface area contributed by atoms with E-state index in [1.54, 1.807) is 6.07 Å². The minimum atomic E-state index is -4.18. The molecular weight excluding hydrogens is 277 g/mol. The van der Waals surface area contributed by atoms with E-state index < -0.39 is 12.7 Å². The summed E-state index contributed by atoms with van der Waals surface area (Å²) in [6.45, 7) is 1.08. The van der Waals surface area contributed by atoms with Crippen molar-refractivity contribution in [1.29, 1.82) is 0 Å². The van der Waals surface area contributed by atoms with E-state index in [9.17, 15) is 13.2 Å². The number of benzene rings is 1. The molecule has 0 aliphatic heterocycles. The van der Waals surface area contributed by atoms with Crippen LogP contribution < -0.4 is 5.32 Å². The summed E-state index contributed by atoms with van der Waals surface area (Å²) >= 11 is 1.31. The first kappa shape index (κ1) is 14.2. The maximum absolute atomic E-state index is 12.0. The SMILES string of the molecule is CC(CNCC(F)(F)F)Sc1nc2ccccc2o1. The number of rotatable bonds is 5. The number of hydrogen-bond donors (Lipinski definition) is 1. The molecule has 7 heteroatoms. The van der Waals surface area contributed by atoms with Crippen LogP contribution in [-0.2, 0) is 0 Å². The second-order valence-electron chi connectivity index (χ2n) is 4.12. The van der Waals surface area contributed by atoms with Crippen molar-refractivity contribution in [2.45, 2.75) is 23.6 Å². The van der Waals surface area contributed by atoms with Gasteiger partial charge in [0, 0.05) is 11.8 Å². The summed E-state index contributed by atoms with van der Waals surface area (Å²) < 4.78 is 41.4. The van der Waals surface area contributed by atoms with Crippen LogP contribution in [0, 0.1) is 0 Å². The summed E-state index contributed by atoms with van der Waals surface area (Å²) in [5.74, 6) is 0. The van der Waals surface area contributed by atoms with E-state index >= 15 is 0 Å². The van der Waals surface area contributed by atoms with Gasteiger partial charge in [-0.1, -0.05) is 30.8 Å². The molecule has 1 atom stereocenters. The van der Waals surface area contributed by atoms with E-state index in [0.717, 1.165) is 5.52 Å². The van der Waals surface area contributed by atoms with Crippen molar-refractivity contribution < 1.29 is 17.6 Å². The highest BCUT2D eigenvalue weighted by Crippen LogP contribution is 2.26. The van der Waals surface area contributed by atoms with E-state index in [4.69, 9.17) is 4.42 Å². The lowest BCUT2D eigenvalue weighted by molar-refractivity contribution is -0.124. The molecule has 1 aromatic heterocycles. The van der Waals surface area contributed by atoms with Gasteiger partial charge in [0.05, 0.1) is 6.54 Å². The van der Waals surface area contributed by atoms with Crippen LogP contribution in [0.2, 0.25) is 0 Å². The Bertz CT molecular complexity index is 508. The zero-order valence-corrected chi connectivity index (χ0v) is 11.0. The van der Waals surface area contributed by atoms with Crippen LogP contribution in [-0.4, -0.2) is 29.5 Å². The first-order valence-electron chi connectivity index (χ1n) is 5.74. The number of aromatic nitrogens is 1. The number of alkyl halides is 3. The van der Waals surface area contributed by atoms with E-state index in [-0.39, 0.29) is 11.8 Å². The van der Waals surface area contributed by atoms with Crippen LogP contribution in [0.5, 0.6) is 0 Å². The van der Waals surface area contributed by atoms with E-state index in [0.29, 0.717) is 10.8 Å². The molecule has 1 unspecified atom stereocenters. The molecule has 0 bridgehead atoms. The molecule has 104 valence electrons.